The van der Waals surface area contributed by atoms with Gasteiger partial charge >= 0.3 is 5.97 Å². The van der Waals surface area contributed by atoms with E-state index >= 15 is 0 Å². The van der Waals surface area contributed by atoms with Gasteiger partial charge in [0.2, 0.25) is 0 Å². The number of aryl methyl sites for hydroxylation is 1. The molecule has 2 aromatic heterocycles. The maximum absolute atomic E-state index is 12.0. The number of carbonyl (C=O) groups excluding carboxylic acids is 1. The zero-order valence-electron chi connectivity index (χ0n) is 9.01. The number of nitrogens with zero attached hydrogens (tertiary/aromatic N) is 2. The number of aromatic nitrogens is 2. The van der Waals surface area contributed by atoms with Crippen molar-refractivity contribution >= 4 is 34.7 Å². The highest BCUT2D eigenvalue weighted by molar-refractivity contribution is 7.16. The molecule has 0 saturated carbocycles. The predicted octanol–water partition coefficient (Wildman–Crippen LogP) is 2.55. The summed E-state index contributed by atoms with van der Waals surface area (Å²) in [6, 6.07) is 1.49. The van der Waals surface area contributed by atoms with Gasteiger partial charge in [-0.2, -0.15) is 5.10 Å². The quantitative estimate of drug-likeness (QED) is 0.872. The standard InChI is InChI=1S/C11H7ClN2O3S/c12-6-4-13-14-2-1-7(15)10-5(9(6)14)3-8(18-10)11(16)17/h3-4H,1-2H2,(H,16,17). The first-order valence-electron chi connectivity index (χ1n) is 5.20. The molecule has 92 valence electrons. The minimum Gasteiger partial charge on any atom is -0.477 e. The predicted molar refractivity (Wildman–Crippen MR) is 66.5 cm³/mol. The lowest BCUT2D eigenvalue weighted by Gasteiger charge is -2.01. The fraction of sp³-hybridized carbons (Fsp3) is 0.182. The van der Waals surface area contributed by atoms with E-state index in [1.807, 2.05) is 0 Å². The van der Waals surface area contributed by atoms with Crippen LogP contribution < -0.4 is 0 Å². The molecule has 0 amide bonds. The molecule has 0 aliphatic carbocycles. The summed E-state index contributed by atoms with van der Waals surface area (Å²) >= 11 is 7.05. The van der Waals surface area contributed by atoms with Crippen molar-refractivity contribution < 1.29 is 14.7 Å². The first-order valence-corrected chi connectivity index (χ1v) is 6.39. The van der Waals surface area contributed by atoms with E-state index in [1.165, 1.54) is 12.3 Å². The van der Waals surface area contributed by atoms with Gasteiger partial charge in [-0.05, 0) is 6.07 Å². The van der Waals surface area contributed by atoms with Crippen LogP contribution in [0.2, 0.25) is 5.02 Å². The summed E-state index contributed by atoms with van der Waals surface area (Å²) in [4.78, 5) is 23.5. The molecule has 1 aliphatic heterocycles. The Labute approximate surface area is 111 Å². The third kappa shape index (κ3) is 1.57. The third-order valence-corrected chi connectivity index (χ3v) is 4.24. The van der Waals surface area contributed by atoms with E-state index in [0.717, 1.165) is 11.3 Å². The minimum absolute atomic E-state index is 0.0657. The van der Waals surface area contributed by atoms with Crippen molar-refractivity contribution in [3.8, 4) is 11.3 Å². The van der Waals surface area contributed by atoms with Gasteiger partial charge in [0.25, 0.3) is 0 Å². The monoisotopic (exact) mass is 282 g/mol. The van der Waals surface area contributed by atoms with Crippen LogP contribution >= 0.6 is 22.9 Å². The van der Waals surface area contributed by atoms with Crippen LogP contribution in [0.15, 0.2) is 12.3 Å². The maximum Gasteiger partial charge on any atom is 0.345 e. The molecule has 0 bridgehead atoms. The van der Waals surface area contributed by atoms with Gasteiger partial charge in [0.05, 0.1) is 21.8 Å². The number of hydrogen-bond acceptors (Lipinski definition) is 4. The molecule has 0 radical (unpaired) electrons. The van der Waals surface area contributed by atoms with E-state index in [2.05, 4.69) is 5.10 Å². The summed E-state index contributed by atoms with van der Waals surface area (Å²) in [5, 5.41) is 13.5. The Morgan fingerprint density at radius 1 is 1.56 bits per heavy atom. The van der Waals surface area contributed by atoms with E-state index in [4.69, 9.17) is 16.7 Å². The number of hydrogen-bond donors (Lipinski definition) is 1. The minimum atomic E-state index is -1.04. The van der Waals surface area contributed by atoms with E-state index < -0.39 is 5.97 Å². The van der Waals surface area contributed by atoms with Crippen molar-refractivity contribution in [1.29, 1.82) is 0 Å². The number of rotatable bonds is 1. The number of thiophene rings is 1. The summed E-state index contributed by atoms with van der Waals surface area (Å²) in [5.41, 5.74) is 1.20. The van der Waals surface area contributed by atoms with Crippen LogP contribution in [0.5, 0.6) is 0 Å². The highest BCUT2D eigenvalue weighted by Crippen LogP contribution is 2.38. The number of fused-ring (bicyclic) bond motifs is 3. The number of Topliss-reactive ketones (excluding diaryl/α,β-unsaturated/α-hetero) is 1. The Morgan fingerprint density at radius 2 is 2.33 bits per heavy atom. The van der Waals surface area contributed by atoms with E-state index in [1.54, 1.807) is 4.68 Å². The molecule has 0 atom stereocenters. The van der Waals surface area contributed by atoms with Crippen molar-refractivity contribution in [2.24, 2.45) is 0 Å². The lowest BCUT2D eigenvalue weighted by atomic mass is 10.1. The highest BCUT2D eigenvalue weighted by Gasteiger charge is 2.27. The fourth-order valence-corrected chi connectivity index (χ4v) is 3.21. The molecule has 7 heteroatoms. The summed E-state index contributed by atoms with van der Waals surface area (Å²) in [7, 11) is 0. The molecular weight excluding hydrogens is 276 g/mol. The molecular formula is C11H7ClN2O3S. The van der Waals surface area contributed by atoms with Crippen LogP contribution in [0.25, 0.3) is 11.3 Å². The topological polar surface area (TPSA) is 72.2 Å². The largest absolute Gasteiger partial charge is 0.477 e. The lowest BCUT2D eigenvalue weighted by Crippen LogP contribution is -2.03. The smallest absolute Gasteiger partial charge is 0.345 e. The van der Waals surface area contributed by atoms with Crippen molar-refractivity contribution in [2.75, 3.05) is 0 Å². The van der Waals surface area contributed by atoms with E-state index in [0.29, 0.717) is 34.1 Å². The molecule has 18 heavy (non-hydrogen) atoms. The molecule has 0 aromatic carbocycles. The second-order valence-corrected chi connectivity index (χ2v) is 5.36. The van der Waals surface area contributed by atoms with Gasteiger partial charge < -0.3 is 5.11 Å². The van der Waals surface area contributed by atoms with Crippen molar-refractivity contribution in [3.63, 3.8) is 0 Å². The van der Waals surface area contributed by atoms with Gasteiger partial charge in [0, 0.05) is 18.5 Å². The van der Waals surface area contributed by atoms with Crippen LogP contribution in [0.3, 0.4) is 0 Å². The van der Waals surface area contributed by atoms with Crippen LogP contribution in [0, 0.1) is 0 Å². The van der Waals surface area contributed by atoms with E-state index in [9.17, 15) is 9.59 Å². The van der Waals surface area contributed by atoms with Crippen LogP contribution in [0.4, 0.5) is 0 Å². The number of halogens is 1. The zero-order chi connectivity index (χ0) is 12.9. The van der Waals surface area contributed by atoms with Crippen molar-refractivity contribution in [2.45, 2.75) is 13.0 Å². The molecule has 2 aromatic rings. The second-order valence-electron chi connectivity index (χ2n) is 3.90. The van der Waals surface area contributed by atoms with E-state index in [-0.39, 0.29) is 10.7 Å². The molecule has 0 spiro atoms. The van der Waals surface area contributed by atoms with Gasteiger partial charge in [-0.25, -0.2) is 4.79 Å². The molecule has 1 aliphatic rings. The molecule has 3 heterocycles. The van der Waals surface area contributed by atoms with Gasteiger partial charge in [-0.15, -0.1) is 11.3 Å². The molecule has 5 nitrogen and oxygen atoms in total. The van der Waals surface area contributed by atoms with Gasteiger partial charge in [0.1, 0.15) is 4.88 Å². The highest BCUT2D eigenvalue weighted by atomic mass is 35.5. The number of carboxylic acids is 1. The van der Waals surface area contributed by atoms with Gasteiger partial charge in [-0.1, -0.05) is 11.6 Å². The molecule has 3 rings (SSSR count). The van der Waals surface area contributed by atoms with Crippen molar-refractivity contribution in [3.05, 3.63) is 27.0 Å². The Hall–Kier alpha value is -1.66. The molecule has 0 fully saturated rings. The lowest BCUT2D eigenvalue weighted by molar-refractivity contribution is 0.0702. The molecule has 0 unspecified atom stereocenters. The Balaban J connectivity index is 2.30. The van der Waals surface area contributed by atoms with Crippen LogP contribution in [0.1, 0.15) is 25.8 Å². The van der Waals surface area contributed by atoms with Crippen molar-refractivity contribution in [1.82, 2.24) is 9.78 Å². The molecule has 1 N–H and O–H groups in total. The number of aromatic carboxylic acids is 1. The summed E-state index contributed by atoms with van der Waals surface area (Å²) in [5.74, 6) is -1.10. The average molecular weight is 283 g/mol. The molecule has 0 saturated heterocycles. The first-order chi connectivity index (χ1) is 8.58. The number of ketones is 1. The summed E-state index contributed by atoms with van der Waals surface area (Å²) < 4.78 is 1.64. The Kier molecular flexibility index (Phi) is 2.49. The Bertz CT molecular complexity index is 674. The number of carbonyl (C=O) groups is 2. The maximum atomic E-state index is 12.0. The van der Waals surface area contributed by atoms with Crippen LogP contribution in [-0.2, 0) is 6.54 Å². The Morgan fingerprint density at radius 3 is 3.06 bits per heavy atom. The third-order valence-electron chi connectivity index (χ3n) is 2.80. The average Bonchev–Trinajstić information content (AvgIpc) is 2.87. The van der Waals surface area contributed by atoms with Gasteiger partial charge in [0.15, 0.2) is 5.78 Å². The normalized spacial score (nSPS) is 13.9. The number of carboxylic acid groups (broad SMARTS) is 1. The zero-order valence-corrected chi connectivity index (χ0v) is 10.6. The van der Waals surface area contributed by atoms with Crippen LogP contribution in [-0.4, -0.2) is 26.6 Å². The second kappa shape index (κ2) is 3.93. The first kappa shape index (κ1) is 11.4. The van der Waals surface area contributed by atoms with Gasteiger partial charge in [-0.3, -0.25) is 9.48 Å². The summed E-state index contributed by atoms with van der Waals surface area (Å²) in [6.45, 7) is 0.463. The SMILES string of the molecule is O=C(O)c1cc2c(s1)C(=O)CCn1ncc(Cl)c1-2. The summed E-state index contributed by atoms with van der Waals surface area (Å²) in [6.07, 6.45) is 1.81. The fourth-order valence-electron chi connectivity index (χ4n) is 2.00.